The quantitative estimate of drug-likeness (QED) is 0.272. The highest BCUT2D eigenvalue weighted by Gasteiger charge is 2.19. The van der Waals surface area contributed by atoms with Crippen molar-refractivity contribution in [3.05, 3.63) is 89.5 Å². The zero-order valence-corrected chi connectivity index (χ0v) is 21.2. The molecule has 37 heavy (non-hydrogen) atoms. The molecule has 0 spiro atoms. The monoisotopic (exact) mass is 504 g/mol. The van der Waals surface area contributed by atoms with E-state index >= 15 is 0 Å². The third-order valence-electron chi connectivity index (χ3n) is 5.55. The molecule has 0 saturated carbocycles. The molecule has 0 heterocycles. The molecule has 0 aliphatic rings. The summed E-state index contributed by atoms with van der Waals surface area (Å²) in [5, 5.41) is 5.47. The number of methoxy groups -OCH3 is 3. The molecule has 0 aliphatic carbocycles. The highest BCUT2D eigenvalue weighted by molar-refractivity contribution is 5.98. The lowest BCUT2D eigenvalue weighted by molar-refractivity contribution is -0.122. The first-order valence-electron chi connectivity index (χ1n) is 11.7. The predicted octanol–water partition coefficient (Wildman–Crippen LogP) is 2.61. The summed E-state index contributed by atoms with van der Waals surface area (Å²) in [5.74, 6) is 1.01. The van der Waals surface area contributed by atoms with Crippen molar-refractivity contribution in [1.29, 1.82) is 0 Å². The highest BCUT2D eigenvalue weighted by atomic mass is 16.5. The summed E-state index contributed by atoms with van der Waals surface area (Å²) >= 11 is 0. The average Bonchev–Trinajstić information content (AvgIpc) is 2.91. The van der Waals surface area contributed by atoms with Crippen molar-refractivity contribution in [1.82, 2.24) is 10.6 Å². The molecule has 0 bridgehead atoms. The average molecular weight is 505 g/mol. The van der Waals surface area contributed by atoms with Gasteiger partial charge in [-0.3, -0.25) is 14.9 Å². The van der Waals surface area contributed by atoms with E-state index in [0.29, 0.717) is 23.7 Å². The van der Waals surface area contributed by atoms with Crippen LogP contribution in [0.25, 0.3) is 0 Å². The lowest BCUT2D eigenvalue weighted by atomic mass is 10.1. The van der Waals surface area contributed by atoms with Gasteiger partial charge in [-0.15, -0.1) is 0 Å². The molecule has 9 heteroatoms. The summed E-state index contributed by atoms with van der Waals surface area (Å²) < 4.78 is 15.8. The second kappa shape index (κ2) is 13.5. The van der Waals surface area contributed by atoms with Gasteiger partial charge in [0.1, 0.15) is 11.8 Å². The maximum absolute atomic E-state index is 13.1. The number of benzene rings is 3. The molecule has 194 valence electrons. The van der Waals surface area contributed by atoms with Gasteiger partial charge in [0.05, 0.1) is 27.8 Å². The number of carbonyl (C=O) groups is 2. The number of hydrogen-bond acceptors (Lipinski definition) is 6. The van der Waals surface area contributed by atoms with Crippen LogP contribution in [0.3, 0.4) is 0 Å². The van der Waals surface area contributed by atoms with Gasteiger partial charge in [-0.25, -0.2) is 4.99 Å². The molecular formula is C28H32N4O5. The minimum absolute atomic E-state index is 0.0856. The number of nitrogens with two attached hydrogens (primary N) is 1. The summed E-state index contributed by atoms with van der Waals surface area (Å²) in [4.78, 5) is 30.0. The molecule has 1 atom stereocenters. The van der Waals surface area contributed by atoms with E-state index in [4.69, 9.17) is 19.9 Å². The summed E-state index contributed by atoms with van der Waals surface area (Å²) in [6, 6.07) is 21.2. The molecule has 3 rings (SSSR count). The van der Waals surface area contributed by atoms with E-state index in [1.807, 2.05) is 42.5 Å². The van der Waals surface area contributed by atoms with Crippen LogP contribution in [-0.4, -0.2) is 45.1 Å². The number of ether oxygens (including phenoxy) is 3. The van der Waals surface area contributed by atoms with Gasteiger partial charge < -0.3 is 25.3 Å². The number of guanidine groups is 1. The zero-order valence-electron chi connectivity index (χ0n) is 21.2. The van der Waals surface area contributed by atoms with Gasteiger partial charge in [-0.1, -0.05) is 48.5 Å². The number of nitrogens with zero attached hydrogens (tertiary/aromatic N) is 1. The standard InChI is InChI=1S/C28H32N4O5/c1-35-22-11-7-10-20(14-22)17-26(33)32-28(29)31-23(15-19-8-5-4-6-9-19)27(34)30-18-21-12-13-24(36-2)25(16-21)37-3/h4-14,16,23H,15,17-18H2,1-3H3,(H,30,34)(H3,29,31,32,33)/t23-/m1/s1. The van der Waals surface area contributed by atoms with Crippen LogP contribution in [0.5, 0.6) is 17.2 Å². The Morgan fingerprint density at radius 3 is 2.27 bits per heavy atom. The minimum atomic E-state index is -0.848. The Bertz CT molecular complexity index is 1230. The van der Waals surface area contributed by atoms with E-state index in [2.05, 4.69) is 15.6 Å². The third kappa shape index (κ3) is 8.28. The Morgan fingerprint density at radius 1 is 0.838 bits per heavy atom. The number of rotatable bonds is 11. The first-order valence-corrected chi connectivity index (χ1v) is 11.7. The van der Waals surface area contributed by atoms with Crippen LogP contribution in [0.2, 0.25) is 0 Å². The van der Waals surface area contributed by atoms with Crippen LogP contribution >= 0.6 is 0 Å². The molecule has 3 aromatic rings. The second-order valence-corrected chi connectivity index (χ2v) is 8.20. The van der Waals surface area contributed by atoms with Crippen molar-refractivity contribution in [2.24, 2.45) is 10.7 Å². The van der Waals surface area contributed by atoms with Crippen molar-refractivity contribution in [3.8, 4) is 17.2 Å². The Kier molecular flexibility index (Phi) is 9.90. The number of carbonyl (C=O) groups excluding carboxylic acids is 2. The molecule has 0 aromatic heterocycles. The van der Waals surface area contributed by atoms with Gasteiger partial charge in [0.25, 0.3) is 0 Å². The largest absolute Gasteiger partial charge is 0.497 e. The Morgan fingerprint density at radius 2 is 1.57 bits per heavy atom. The summed E-state index contributed by atoms with van der Waals surface area (Å²) in [7, 11) is 4.68. The van der Waals surface area contributed by atoms with Gasteiger partial charge in [-0.05, 0) is 41.0 Å². The molecule has 3 aromatic carbocycles. The van der Waals surface area contributed by atoms with Gasteiger partial charge in [-0.2, -0.15) is 0 Å². The molecule has 2 amide bonds. The topological polar surface area (TPSA) is 124 Å². The fourth-order valence-corrected chi connectivity index (χ4v) is 3.69. The number of aliphatic imine (C=N–C) groups is 1. The van der Waals surface area contributed by atoms with Crippen LogP contribution in [0.15, 0.2) is 77.8 Å². The lowest BCUT2D eigenvalue weighted by Crippen LogP contribution is -2.42. The maximum Gasteiger partial charge on any atom is 0.245 e. The number of amides is 2. The molecule has 9 nitrogen and oxygen atoms in total. The lowest BCUT2D eigenvalue weighted by Gasteiger charge is -2.15. The van der Waals surface area contributed by atoms with Gasteiger partial charge in [0.15, 0.2) is 17.5 Å². The molecule has 0 saturated heterocycles. The molecule has 0 fully saturated rings. The van der Waals surface area contributed by atoms with Crippen LogP contribution in [0.1, 0.15) is 16.7 Å². The first kappa shape index (κ1) is 27.1. The Labute approximate surface area is 216 Å². The molecule has 0 aliphatic heterocycles. The van der Waals surface area contributed by atoms with E-state index < -0.39 is 6.04 Å². The minimum Gasteiger partial charge on any atom is -0.497 e. The maximum atomic E-state index is 13.1. The fourth-order valence-electron chi connectivity index (χ4n) is 3.69. The van der Waals surface area contributed by atoms with E-state index in [0.717, 1.165) is 16.7 Å². The van der Waals surface area contributed by atoms with Gasteiger partial charge in [0, 0.05) is 13.0 Å². The van der Waals surface area contributed by atoms with Crippen molar-refractivity contribution in [2.75, 3.05) is 21.3 Å². The number of nitrogens with one attached hydrogen (secondary N) is 2. The van der Waals surface area contributed by atoms with Crippen LogP contribution in [0.4, 0.5) is 0 Å². The summed E-state index contributed by atoms with van der Waals surface area (Å²) in [6.07, 6.45) is 0.396. The third-order valence-corrected chi connectivity index (χ3v) is 5.55. The smallest absolute Gasteiger partial charge is 0.245 e. The normalized spacial score (nSPS) is 11.8. The van der Waals surface area contributed by atoms with Crippen LogP contribution < -0.4 is 30.6 Å². The van der Waals surface area contributed by atoms with E-state index in [-0.39, 0.29) is 30.7 Å². The van der Waals surface area contributed by atoms with E-state index in [1.165, 1.54) is 0 Å². The fraction of sp³-hybridized carbons (Fsp3) is 0.250. The number of hydrogen-bond donors (Lipinski definition) is 3. The van der Waals surface area contributed by atoms with Crippen molar-refractivity contribution in [2.45, 2.75) is 25.4 Å². The molecular weight excluding hydrogens is 472 g/mol. The molecule has 0 radical (unpaired) electrons. The highest BCUT2D eigenvalue weighted by Crippen LogP contribution is 2.27. The molecule has 4 N–H and O–H groups in total. The Balaban J connectivity index is 1.70. The predicted molar refractivity (Wildman–Crippen MR) is 142 cm³/mol. The summed E-state index contributed by atoms with van der Waals surface area (Å²) in [6.45, 7) is 0.252. The first-order chi connectivity index (χ1) is 17.9. The van der Waals surface area contributed by atoms with Crippen molar-refractivity contribution < 1.29 is 23.8 Å². The Hall–Kier alpha value is -4.53. The van der Waals surface area contributed by atoms with E-state index in [9.17, 15) is 9.59 Å². The van der Waals surface area contributed by atoms with E-state index in [1.54, 1.807) is 51.7 Å². The molecule has 0 unspecified atom stereocenters. The second-order valence-electron chi connectivity index (χ2n) is 8.20. The van der Waals surface area contributed by atoms with Crippen molar-refractivity contribution in [3.63, 3.8) is 0 Å². The van der Waals surface area contributed by atoms with Crippen molar-refractivity contribution >= 4 is 17.8 Å². The van der Waals surface area contributed by atoms with Crippen LogP contribution in [-0.2, 0) is 29.0 Å². The summed E-state index contributed by atoms with van der Waals surface area (Å²) in [5.41, 5.74) is 8.54. The van der Waals surface area contributed by atoms with Gasteiger partial charge in [0.2, 0.25) is 11.8 Å². The van der Waals surface area contributed by atoms with Gasteiger partial charge >= 0.3 is 0 Å². The van der Waals surface area contributed by atoms with Crippen LogP contribution in [0, 0.1) is 0 Å². The zero-order chi connectivity index (χ0) is 26.6. The SMILES string of the molecule is COc1cccc(CC(=O)NC(N)=N[C@H](Cc2ccccc2)C(=O)NCc2ccc(OC)c(OC)c2)c1.